The Balaban J connectivity index is 2.31. The molecule has 1 amide bonds. The number of carbonyl (C=O) groups is 1. The monoisotopic (exact) mass is 326 g/mol. The summed E-state index contributed by atoms with van der Waals surface area (Å²) in [6.07, 6.45) is 5.61. The number of pyridine rings is 1. The number of anilines is 1. The van der Waals surface area contributed by atoms with Crippen LogP contribution in [0.15, 0.2) is 29.8 Å². The van der Waals surface area contributed by atoms with Crippen LogP contribution < -0.4 is 10.1 Å². The highest BCUT2D eigenvalue weighted by Crippen LogP contribution is 2.22. The average Bonchev–Trinajstić information content (AvgIpc) is 2.48. The van der Waals surface area contributed by atoms with Gasteiger partial charge in [-0.05, 0) is 6.07 Å². The van der Waals surface area contributed by atoms with Crippen molar-refractivity contribution in [2.75, 3.05) is 18.7 Å². The van der Waals surface area contributed by atoms with Crippen LogP contribution in [0.25, 0.3) is 0 Å². The summed E-state index contributed by atoms with van der Waals surface area (Å²) in [7, 11) is -0.00932. The average molecular weight is 327 g/mol. The van der Waals surface area contributed by atoms with Gasteiger partial charge in [0.1, 0.15) is 5.56 Å². The lowest BCUT2D eigenvalue weighted by atomic mass is 10.3. The van der Waals surface area contributed by atoms with Crippen molar-refractivity contribution in [1.82, 2.24) is 15.0 Å². The number of methoxy groups -OCH3 is 1. The fourth-order valence-electron chi connectivity index (χ4n) is 1.46. The van der Waals surface area contributed by atoms with Crippen LogP contribution in [0.1, 0.15) is 10.4 Å². The zero-order valence-electron chi connectivity index (χ0n) is 11.2. The molecule has 0 fully saturated rings. The highest BCUT2D eigenvalue weighted by atomic mass is 35.5. The first-order chi connectivity index (χ1) is 10.0. The first-order valence-electron chi connectivity index (χ1n) is 5.68. The van der Waals surface area contributed by atoms with E-state index in [0.717, 1.165) is 0 Å². The lowest BCUT2D eigenvalue weighted by molar-refractivity contribution is 0.102. The van der Waals surface area contributed by atoms with Crippen molar-refractivity contribution in [2.45, 2.75) is 5.16 Å². The molecule has 0 saturated carbocycles. The molecule has 1 atom stereocenters. The fourth-order valence-corrected chi connectivity index (χ4v) is 2.02. The lowest BCUT2D eigenvalue weighted by Gasteiger charge is -2.09. The number of rotatable bonds is 4. The zero-order valence-corrected chi connectivity index (χ0v) is 12.7. The molecule has 0 aliphatic carbocycles. The van der Waals surface area contributed by atoms with Gasteiger partial charge in [0.15, 0.2) is 0 Å². The van der Waals surface area contributed by atoms with Gasteiger partial charge < -0.3 is 10.1 Å². The van der Waals surface area contributed by atoms with E-state index in [1.165, 1.54) is 32.0 Å². The molecule has 2 heterocycles. The fraction of sp³-hybridized carbons (Fsp3) is 0.167. The Labute approximate surface area is 128 Å². The number of ether oxygens (including phenoxy) is 1. The smallest absolute Gasteiger partial charge is 0.262 e. The molecule has 7 nitrogen and oxygen atoms in total. The number of carbonyl (C=O) groups excluding carboxylic acids is 1. The van der Waals surface area contributed by atoms with E-state index < -0.39 is 16.7 Å². The predicted molar refractivity (Wildman–Crippen MR) is 78.1 cm³/mol. The molecule has 1 unspecified atom stereocenters. The van der Waals surface area contributed by atoms with Crippen LogP contribution in [0.5, 0.6) is 5.88 Å². The SMILES string of the molecule is COc1nc(S(C)=O)ncc1C(=O)Nc1cnccc1Cl. The summed E-state index contributed by atoms with van der Waals surface area (Å²) in [4.78, 5) is 23.9. The van der Waals surface area contributed by atoms with Gasteiger partial charge in [0, 0.05) is 18.6 Å². The van der Waals surface area contributed by atoms with Crippen LogP contribution in [0, 0.1) is 0 Å². The number of halogens is 1. The topological polar surface area (TPSA) is 94.1 Å². The van der Waals surface area contributed by atoms with Gasteiger partial charge >= 0.3 is 0 Å². The second-order valence-electron chi connectivity index (χ2n) is 3.84. The molecule has 2 rings (SSSR count). The minimum atomic E-state index is -1.37. The van der Waals surface area contributed by atoms with Crippen molar-refractivity contribution in [3.63, 3.8) is 0 Å². The maximum atomic E-state index is 12.2. The second kappa shape index (κ2) is 6.59. The minimum Gasteiger partial charge on any atom is -0.480 e. The number of nitrogens with zero attached hydrogens (tertiary/aromatic N) is 3. The van der Waals surface area contributed by atoms with E-state index >= 15 is 0 Å². The number of hydrogen-bond acceptors (Lipinski definition) is 6. The molecule has 2 aromatic heterocycles. The number of nitrogens with one attached hydrogen (secondary N) is 1. The van der Waals surface area contributed by atoms with Crippen LogP contribution in [0.2, 0.25) is 5.02 Å². The van der Waals surface area contributed by atoms with Gasteiger partial charge in [-0.2, -0.15) is 4.98 Å². The Kier molecular flexibility index (Phi) is 4.81. The van der Waals surface area contributed by atoms with E-state index in [2.05, 4.69) is 20.3 Å². The van der Waals surface area contributed by atoms with Crippen LogP contribution in [-0.4, -0.2) is 38.4 Å². The van der Waals surface area contributed by atoms with Crippen molar-refractivity contribution >= 4 is 34.0 Å². The predicted octanol–water partition coefficient (Wildman–Crippen LogP) is 1.52. The minimum absolute atomic E-state index is 0.0349. The van der Waals surface area contributed by atoms with Crippen molar-refractivity contribution in [3.05, 3.63) is 35.2 Å². The number of hydrogen-bond donors (Lipinski definition) is 1. The molecule has 0 bridgehead atoms. The molecule has 0 aromatic carbocycles. The van der Waals surface area contributed by atoms with Crippen LogP contribution in [0.4, 0.5) is 5.69 Å². The summed E-state index contributed by atoms with van der Waals surface area (Å²) in [5.41, 5.74) is 0.459. The van der Waals surface area contributed by atoms with E-state index in [4.69, 9.17) is 16.3 Å². The van der Waals surface area contributed by atoms with Gasteiger partial charge in [-0.15, -0.1) is 0 Å². The first-order valence-corrected chi connectivity index (χ1v) is 7.62. The first kappa shape index (κ1) is 15.3. The Morgan fingerprint density at radius 3 is 2.81 bits per heavy atom. The number of aromatic nitrogens is 3. The summed E-state index contributed by atoms with van der Waals surface area (Å²) >= 11 is 5.94. The molecular weight excluding hydrogens is 316 g/mol. The maximum Gasteiger partial charge on any atom is 0.262 e. The maximum absolute atomic E-state index is 12.2. The van der Waals surface area contributed by atoms with Gasteiger partial charge in [0.25, 0.3) is 5.91 Å². The Morgan fingerprint density at radius 1 is 1.43 bits per heavy atom. The third kappa shape index (κ3) is 3.53. The molecule has 1 N–H and O–H groups in total. The third-order valence-electron chi connectivity index (χ3n) is 2.44. The summed E-state index contributed by atoms with van der Waals surface area (Å²) in [6.45, 7) is 0. The molecule has 2 aromatic rings. The summed E-state index contributed by atoms with van der Waals surface area (Å²) < 4.78 is 16.4. The Bertz CT molecular complexity index is 711. The molecule has 0 radical (unpaired) electrons. The Hall–Kier alpha value is -2.06. The summed E-state index contributed by atoms with van der Waals surface area (Å²) in [5.74, 6) is -0.470. The van der Waals surface area contributed by atoms with Crippen LogP contribution in [0.3, 0.4) is 0 Å². The molecular formula is C12H11ClN4O3S. The zero-order chi connectivity index (χ0) is 15.4. The van der Waals surface area contributed by atoms with Crippen molar-refractivity contribution in [2.24, 2.45) is 0 Å². The molecule has 0 saturated heterocycles. The highest BCUT2D eigenvalue weighted by molar-refractivity contribution is 7.84. The molecule has 21 heavy (non-hydrogen) atoms. The van der Waals surface area contributed by atoms with E-state index in [-0.39, 0.29) is 16.6 Å². The summed E-state index contributed by atoms with van der Waals surface area (Å²) in [6, 6.07) is 1.55. The van der Waals surface area contributed by atoms with E-state index in [0.29, 0.717) is 10.7 Å². The second-order valence-corrected chi connectivity index (χ2v) is 5.52. The van der Waals surface area contributed by atoms with Gasteiger partial charge in [-0.1, -0.05) is 11.6 Å². The number of amides is 1. The molecule has 0 aliphatic rings. The third-order valence-corrected chi connectivity index (χ3v) is 3.48. The van der Waals surface area contributed by atoms with E-state index in [1.54, 1.807) is 6.07 Å². The standard InChI is InChI=1S/C12H11ClN4O3S/c1-20-11-7(5-15-12(17-11)21(2)19)10(18)16-9-6-14-4-3-8(9)13/h3-6H,1-2H3,(H,16,18). The quantitative estimate of drug-likeness (QED) is 0.856. The van der Waals surface area contributed by atoms with Crippen molar-refractivity contribution in [3.8, 4) is 5.88 Å². The molecule has 0 spiro atoms. The van der Waals surface area contributed by atoms with E-state index in [1.807, 2.05) is 0 Å². The lowest BCUT2D eigenvalue weighted by Crippen LogP contribution is -2.15. The van der Waals surface area contributed by atoms with E-state index in [9.17, 15) is 9.00 Å². The molecule has 0 aliphatic heterocycles. The van der Waals surface area contributed by atoms with Gasteiger partial charge in [-0.25, -0.2) is 4.98 Å². The van der Waals surface area contributed by atoms with Crippen LogP contribution in [-0.2, 0) is 10.8 Å². The highest BCUT2D eigenvalue weighted by Gasteiger charge is 2.17. The van der Waals surface area contributed by atoms with Gasteiger partial charge in [0.2, 0.25) is 11.0 Å². The van der Waals surface area contributed by atoms with Crippen molar-refractivity contribution in [1.29, 1.82) is 0 Å². The Morgan fingerprint density at radius 2 is 2.19 bits per heavy atom. The molecule has 110 valence electrons. The normalized spacial score (nSPS) is 11.8. The molecule has 9 heteroatoms. The van der Waals surface area contributed by atoms with Gasteiger partial charge in [0.05, 0.1) is 34.8 Å². The van der Waals surface area contributed by atoms with Crippen LogP contribution >= 0.6 is 11.6 Å². The summed E-state index contributed by atoms with van der Waals surface area (Å²) in [5, 5.41) is 3.02. The van der Waals surface area contributed by atoms with Gasteiger partial charge in [-0.3, -0.25) is 14.0 Å². The van der Waals surface area contributed by atoms with Crippen molar-refractivity contribution < 1.29 is 13.7 Å². The largest absolute Gasteiger partial charge is 0.480 e.